The van der Waals surface area contributed by atoms with Crippen molar-refractivity contribution < 1.29 is 0 Å². The molecule has 2 N–H and O–H groups in total. The third kappa shape index (κ3) is 4.67. The topological polar surface area (TPSA) is 53.1 Å². The van der Waals surface area contributed by atoms with Crippen LogP contribution in [0.2, 0.25) is 0 Å². The molecule has 0 amide bonds. The second kappa shape index (κ2) is 7.28. The van der Waals surface area contributed by atoms with Gasteiger partial charge in [-0.1, -0.05) is 6.92 Å². The molecule has 0 spiro atoms. The third-order valence-corrected chi connectivity index (χ3v) is 3.39. The molecular weight excluding hydrogens is 238 g/mol. The van der Waals surface area contributed by atoms with Crippen molar-refractivity contribution in [3.63, 3.8) is 0 Å². The van der Waals surface area contributed by atoms with Gasteiger partial charge in [-0.3, -0.25) is 4.98 Å². The Morgan fingerprint density at radius 2 is 1.89 bits per heavy atom. The van der Waals surface area contributed by atoms with Gasteiger partial charge in [-0.15, -0.1) is 0 Å². The van der Waals surface area contributed by atoms with Crippen LogP contribution in [-0.2, 0) is 0 Å². The van der Waals surface area contributed by atoms with E-state index >= 15 is 0 Å². The summed E-state index contributed by atoms with van der Waals surface area (Å²) < 4.78 is 0. The number of likely N-dealkylation sites (tertiary alicyclic amines) is 1. The molecule has 0 aliphatic carbocycles. The van der Waals surface area contributed by atoms with E-state index in [1.165, 1.54) is 32.5 Å². The van der Waals surface area contributed by atoms with Crippen LogP contribution in [-0.4, -0.2) is 47.6 Å². The summed E-state index contributed by atoms with van der Waals surface area (Å²) in [5.74, 6) is 2.31. The average Bonchev–Trinajstić information content (AvgIpc) is 2.90. The normalized spacial score (nSPS) is 17.4. The molecule has 1 unspecified atom stereocenters. The molecule has 106 valence electrons. The largest absolute Gasteiger partial charge is 0.369 e. The van der Waals surface area contributed by atoms with Crippen molar-refractivity contribution in [1.82, 2.24) is 14.9 Å². The first kappa shape index (κ1) is 14.1. The highest BCUT2D eigenvalue weighted by Crippen LogP contribution is 2.11. The first-order chi connectivity index (χ1) is 9.28. The second-order valence-corrected chi connectivity index (χ2v) is 5.31. The van der Waals surface area contributed by atoms with Crippen molar-refractivity contribution in [2.24, 2.45) is 5.92 Å². The number of anilines is 2. The predicted molar refractivity (Wildman–Crippen MR) is 79.5 cm³/mol. The Balaban J connectivity index is 1.75. The summed E-state index contributed by atoms with van der Waals surface area (Å²) in [6.45, 7) is 9.85. The van der Waals surface area contributed by atoms with Gasteiger partial charge in [0.1, 0.15) is 11.6 Å². The lowest BCUT2D eigenvalue weighted by atomic mass is 10.1. The van der Waals surface area contributed by atoms with Gasteiger partial charge in [-0.25, -0.2) is 4.98 Å². The van der Waals surface area contributed by atoms with Crippen LogP contribution < -0.4 is 10.6 Å². The molecule has 2 heterocycles. The van der Waals surface area contributed by atoms with Gasteiger partial charge < -0.3 is 15.5 Å². The molecule has 1 fully saturated rings. The van der Waals surface area contributed by atoms with E-state index in [9.17, 15) is 0 Å². The summed E-state index contributed by atoms with van der Waals surface area (Å²) in [5.41, 5.74) is 0. The maximum atomic E-state index is 4.47. The van der Waals surface area contributed by atoms with Crippen molar-refractivity contribution >= 4 is 11.6 Å². The fourth-order valence-electron chi connectivity index (χ4n) is 2.47. The highest BCUT2D eigenvalue weighted by atomic mass is 15.1. The van der Waals surface area contributed by atoms with Crippen LogP contribution in [0.5, 0.6) is 0 Å². The van der Waals surface area contributed by atoms with Crippen LogP contribution in [0.25, 0.3) is 0 Å². The van der Waals surface area contributed by atoms with Gasteiger partial charge in [0.2, 0.25) is 0 Å². The lowest BCUT2D eigenvalue weighted by Gasteiger charge is -2.20. The highest BCUT2D eigenvalue weighted by Gasteiger charge is 2.14. The molecule has 1 aromatic heterocycles. The van der Waals surface area contributed by atoms with Gasteiger partial charge in [0.05, 0.1) is 12.4 Å². The Morgan fingerprint density at radius 1 is 1.21 bits per heavy atom. The Bertz CT molecular complexity index is 376. The van der Waals surface area contributed by atoms with Crippen LogP contribution in [0.3, 0.4) is 0 Å². The maximum absolute atomic E-state index is 4.47. The lowest BCUT2D eigenvalue weighted by Crippen LogP contribution is -2.29. The predicted octanol–water partition coefficient (Wildman–Crippen LogP) is 2.05. The zero-order valence-corrected chi connectivity index (χ0v) is 12.0. The summed E-state index contributed by atoms with van der Waals surface area (Å²) in [6.07, 6.45) is 6.25. The molecule has 1 atom stereocenters. The van der Waals surface area contributed by atoms with Gasteiger partial charge in [0, 0.05) is 19.6 Å². The minimum atomic E-state index is 0.627. The van der Waals surface area contributed by atoms with Crippen LogP contribution in [0.1, 0.15) is 26.7 Å². The monoisotopic (exact) mass is 263 g/mol. The molecule has 5 nitrogen and oxygen atoms in total. The minimum Gasteiger partial charge on any atom is -0.369 e. The quantitative estimate of drug-likeness (QED) is 0.788. The summed E-state index contributed by atoms with van der Waals surface area (Å²) in [7, 11) is 0. The molecule has 1 aliphatic rings. The van der Waals surface area contributed by atoms with E-state index in [4.69, 9.17) is 0 Å². The smallest absolute Gasteiger partial charge is 0.146 e. The first-order valence-electron chi connectivity index (χ1n) is 7.30. The third-order valence-electron chi connectivity index (χ3n) is 3.39. The molecule has 0 aromatic carbocycles. The van der Waals surface area contributed by atoms with Crippen molar-refractivity contribution in [1.29, 1.82) is 0 Å². The highest BCUT2D eigenvalue weighted by molar-refractivity contribution is 5.41. The molecule has 0 radical (unpaired) electrons. The van der Waals surface area contributed by atoms with Crippen LogP contribution in [0, 0.1) is 5.92 Å². The van der Waals surface area contributed by atoms with Crippen LogP contribution in [0.15, 0.2) is 12.4 Å². The number of hydrogen-bond acceptors (Lipinski definition) is 5. The minimum absolute atomic E-state index is 0.627. The van der Waals surface area contributed by atoms with Gasteiger partial charge in [0.25, 0.3) is 0 Å². The number of hydrogen-bond donors (Lipinski definition) is 2. The summed E-state index contributed by atoms with van der Waals surface area (Å²) >= 11 is 0. The Morgan fingerprint density at radius 3 is 2.58 bits per heavy atom. The van der Waals surface area contributed by atoms with Crippen LogP contribution >= 0.6 is 0 Å². The number of nitrogens with one attached hydrogen (secondary N) is 2. The standard InChI is InChI=1S/C14H25N5/c1-3-16-13-9-15-10-14(18-13)17-8-12(2)11-19-6-4-5-7-19/h9-10,12H,3-8,11H2,1-2H3,(H2,16,17,18). The number of rotatable bonds is 7. The van der Waals surface area contributed by atoms with E-state index < -0.39 is 0 Å². The fraction of sp³-hybridized carbons (Fsp3) is 0.714. The Hall–Kier alpha value is -1.36. The van der Waals surface area contributed by atoms with Crippen LogP contribution in [0.4, 0.5) is 11.6 Å². The Kier molecular flexibility index (Phi) is 5.39. The molecule has 1 aromatic rings. The molecule has 1 saturated heterocycles. The van der Waals surface area contributed by atoms with Crippen molar-refractivity contribution in [3.05, 3.63) is 12.4 Å². The first-order valence-corrected chi connectivity index (χ1v) is 7.30. The summed E-state index contributed by atoms with van der Waals surface area (Å²) in [4.78, 5) is 11.2. The fourth-order valence-corrected chi connectivity index (χ4v) is 2.47. The average molecular weight is 263 g/mol. The molecule has 19 heavy (non-hydrogen) atoms. The lowest BCUT2D eigenvalue weighted by molar-refractivity contribution is 0.294. The van der Waals surface area contributed by atoms with Gasteiger partial charge in [-0.2, -0.15) is 0 Å². The molecule has 5 heteroatoms. The van der Waals surface area contributed by atoms with Crippen molar-refractivity contribution in [3.8, 4) is 0 Å². The van der Waals surface area contributed by atoms with Crippen molar-refractivity contribution in [2.45, 2.75) is 26.7 Å². The zero-order chi connectivity index (χ0) is 13.5. The molecule has 0 saturated carbocycles. The zero-order valence-electron chi connectivity index (χ0n) is 12.0. The van der Waals surface area contributed by atoms with Crippen molar-refractivity contribution in [2.75, 3.05) is 43.4 Å². The summed E-state index contributed by atoms with van der Waals surface area (Å²) in [6, 6.07) is 0. The summed E-state index contributed by atoms with van der Waals surface area (Å²) in [5, 5.41) is 6.55. The Labute approximate surface area is 115 Å². The van der Waals surface area contributed by atoms with E-state index in [0.29, 0.717) is 5.92 Å². The SMILES string of the molecule is CCNc1cncc(NCC(C)CN2CCCC2)n1. The molecular formula is C14H25N5. The molecule has 0 bridgehead atoms. The van der Waals surface area contributed by atoms with Gasteiger partial charge >= 0.3 is 0 Å². The number of aromatic nitrogens is 2. The van der Waals surface area contributed by atoms with E-state index in [1.54, 1.807) is 12.4 Å². The van der Waals surface area contributed by atoms with E-state index in [1.807, 2.05) is 0 Å². The number of nitrogens with zero attached hydrogens (tertiary/aromatic N) is 3. The van der Waals surface area contributed by atoms with Gasteiger partial charge in [0.15, 0.2) is 0 Å². The maximum Gasteiger partial charge on any atom is 0.146 e. The molecule has 1 aliphatic heterocycles. The van der Waals surface area contributed by atoms with E-state index in [2.05, 4.69) is 39.3 Å². The van der Waals surface area contributed by atoms with Gasteiger partial charge in [-0.05, 0) is 38.8 Å². The van der Waals surface area contributed by atoms with E-state index in [-0.39, 0.29) is 0 Å². The van der Waals surface area contributed by atoms with E-state index in [0.717, 1.165) is 24.7 Å². The molecule has 2 rings (SSSR count). The second-order valence-electron chi connectivity index (χ2n) is 5.31.